The lowest BCUT2D eigenvalue weighted by atomic mass is 10.1. The van der Waals surface area contributed by atoms with Gasteiger partial charge in [-0.15, -0.1) is 0 Å². The Bertz CT molecular complexity index is 548. The van der Waals surface area contributed by atoms with Gasteiger partial charge in [0.1, 0.15) is 23.1 Å². The minimum absolute atomic E-state index is 0.188. The first kappa shape index (κ1) is 16.0. The van der Waals surface area contributed by atoms with E-state index in [9.17, 15) is 0 Å². The number of hydrogen-bond acceptors (Lipinski definition) is 5. The van der Waals surface area contributed by atoms with Gasteiger partial charge in [0.25, 0.3) is 0 Å². The smallest absolute Gasteiger partial charge is 0.201 e. The van der Waals surface area contributed by atoms with Crippen molar-refractivity contribution >= 4 is 23.3 Å². The lowest BCUT2D eigenvalue weighted by molar-refractivity contribution is 0.338. The highest BCUT2D eigenvalue weighted by atomic mass is 32.1. The van der Waals surface area contributed by atoms with Gasteiger partial charge >= 0.3 is 0 Å². The second-order valence-electron chi connectivity index (χ2n) is 3.94. The highest BCUT2D eigenvalue weighted by molar-refractivity contribution is 7.80. The molecule has 1 aromatic rings. The van der Waals surface area contributed by atoms with E-state index in [-0.39, 0.29) is 5.05 Å². The molecule has 0 bridgehead atoms. The molecule has 5 heteroatoms. The molecule has 0 heterocycles. The number of hydrogen-bond donors (Lipinski definition) is 0. The van der Waals surface area contributed by atoms with Crippen molar-refractivity contribution in [1.29, 1.82) is 5.26 Å². The van der Waals surface area contributed by atoms with Crippen molar-refractivity contribution in [2.45, 2.75) is 13.8 Å². The third-order valence-electron chi connectivity index (χ3n) is 2.70. The first-order valence-electron chi connectivity index (χ1n) is 6.08. The second kappa shape index (κ2) is 7.51. The average molecular weight is 291 g/mol. The number of methoxy groups -OCH3 is 2. The molecule has 0 amide bonds. The van der Waals surface area contributed by atoms with Crippen LogP contribution in [0, 0.1) is 18.3 Å². The summed E-state index contributed by atoms with van der Waals surface area (Å²) in [6, 6.07) is 5.68. The van der Waals surface area contributed by atoms with Crippen LogP contribution in [0.4, 0.5) is 0 Å². The summed E-state index contributed by atoms with van der Waals surface area (Å²) in [6.45, 7) is 4.15. The molecule has 106 valence electrons. The van der Waals surface area contributed by atoms with Gasteiger partial charge in [0, 0.05) is 5.56 Å². The molecule has 0 aliphatic carbocycles. The third-order valence-corrected chi connectivity index (χ3v) is 3.04. The van der Waals surface area contributed by atoms with Gasteiger partial charge in [-0.05, 0) is 49.8 Å². The highest BCUT2D eigenvalue weighted by Crippen LogP contribution is 2.30. The number of benzene rings is 1. The third kappa shape index (κ3) is 3.72. The first-order valence-corrected chi connectivity index (χ1v) is 6.49. The minimum atomic E-state index is 0.188. The fraction of sp³-hybridized carbons (Fsp3) is 0.333. The zero-order chi connectivity index (χ0) is 15.1. The quantitative estimate of drug-likeness (QED) is 0.473. The summed E-state index contributed by atoms with van der Waals surface area (Å²) in [6.07, 6.45) is 1.66. The lowest BCUT2D eigenvalue weighted by Crippen LogP contribution is -2.03. The summed E-state index contributed by atoms with van der Waals surface area (Å²) < 4.78 is 15.8. The molecule has 0 radical (unpaired) electrons. The number of thiocarbonyl (C=S) groups is 1. The van der Waals surface area contributed by atoms with Gasteiger partial charge in [-0.2, -0.15) is 5.26 Å². The van der Waals surface area contributed by atoms with Crippen molar-refractivity contribution < 1.29 is 14.2 Å². The predicted octanol–water partition coefficient (Wildman–Crippen LogP) is 3.28. The summed E-state index contributed by atoms with van der Waals surface area (Å²) in [5.74, 6) is 1.38. The van der Waals surface area contributed by atoms with Gasteiger partial charge in [0.2, 0.25) is 5.05 Å². The van der Waals surface area contributed by atoms with Crippen LogP contribution in [0.3, 0.4) is 0 Å². The van der Waals surface area contributed by atoms with Gasteiger partial charge < -0.3 is 14.2 Å². The maximum absolute atomic E-state index is 9.14. The molecule has 0 saturated carbocycles. The van der Waals surface area contributed by atoms with E-state index in [2.05, 4.69) is 0 Å². The number of ether oxygens (including phenoxy) is 3. The van der Waals surface area contributed by atoms with Crippen LogP contribution in [-0.2, 0) is 4.74 Å². The number of rotatable bonds is 5. The molecule has 0 saturated heterocycles. The Hall–Kier alpha value is -2.06. The Morgan fingerprint density at radius 1 is 1.30 bits per heavy atom. The molecule has 20 heavy (non-hydrogen) atoms. The summed E-state index contributed by atoms with van der Waals surface area (Å²) in [7, 11) is 3.18. The Kier molecular flexibility index (Phi) is 6.01. The topological polar surface area (TPSA) is 51.5 Å². The molecular formula is C15H17NO3S. The molecule has 0 atom stereocenters. The van der Waals surface area contributed by atoms with E-state index < -0.39 is 0 Å². The lowest BCUT2D eigenvalue weighted by Gasteiger charge is -2.11. The van der Waals surface area contributed by atoms with Crippen LogP contribution in [0.5, 0.6) is 11.5 Å². The maximum Gasteiger partial charge on any atom is 0.201 e. The van der Waals surface area contributed by atoms with Crippen molar-refractivity contribution in [2.75, 3.05) is 20.8 Å². The SMILES string of the molecule is CCOC(=S)C(C#N)=Cc1cc(OC)c(C)c(OC)c1. The molecular weight excluding hydrogens is 274 g/mol. The molecule has 0 aliphatic rings. The van der Waals surface area contributed by atoms with Crippen molar-refractivity contribution in [1.82, 2.24) is 0 Å². The monoisotopic (exact) mass is 291 g/mol. The summed E-state index contributed by atoms with van der Waals surface area (Å²) in [4.78, 5) is 0. The van der Waals surface area contributed by atoms with Crippen LogP contribution in [0.25, 0.3) is 6.08 Å². The molecule has 4 nitrogen and oxygen atoms in total. The van der Waals surface area contributed by atoms with Gasteiger partial charge in [0.15, 0.2) is 0 Å². The van der Waals surface area contributed by atoms with Crippen LogP contribution in [0.1, 0.15) is 18.1 Å². The minimum Gasteiger partial charge on any atom is -0.496 e. The normalized spacial score (nSPS) is 10.7. The van der Waals surface area contributed by atoms with E-state index in [4.69, 9.17) is 31.7 Å². The second-order valence-corrected chi connectivity index (χ2v) is 4.31. The van der Waals surface area contributed by atoms with Crippen LogP contribution >= 0.6 is 12.2 Å². The molecule has 0 spiro atoms. The predicted molar refractivity (Wildman–Crippen MR) is 82.1 cm³/mol. The van der Waals surface area contributed by atoms with E-state index in [0.717, 1.165) is 11.1 Å². The average Bonchev–Trinajstić information content (AvgIpc) is 2.46. The van der Waals surface area contributed by atoms with E-state index in [0.29, 0.717) is 23.7 Å². The standard InChI is InChI=1S/C15H17NO3S/c1-5-19-15(20)12(9-16)6-11-7-13(17-3)10(2)14(8-11)18-4/h6-8H,5H2,1-4H3. The fourth-order valence-electron chi connectivity index (χ4n) is 1.70. The van der Waals surface area contributed by atoms with Gasteiger partial charge in [0.05, 0.1) is 20.8 Å². The summed E-state index contributed by atoms with van der Waals surface area (Å²) >= 11 is 5.05. The Morgan fingerprint density at radius 3 is 2.25 bits per heavy atom. The molecule has 0 aliphatic heterocycles. The van der Waals surface area contributed by atoms with E-state index in [1.54, 1.807) is 20.3 Å². The molecule has 1 rings (SSSR count). The zero-order valence-electron chi connectivity index (χ0n) is 12.0. The van der Waals surface area contributed by atoms with Crippen molar-refractivity contribution in [3.63, 3.8) is 0 Å². The molecule has 1 aromatic carbocycles. The van der Waals surface area contributed by atoms with Crippen molar-refractivity contribution in [3.05, 3.63) is 28.8 Å². The Morgan fingerprint density at radius 2 is 1.85 bits per heavy atom. The maximum atomic E-state index is 9.14. The Labute approximate surface area is 124 Å². The zero-order valence-corrected chi connectivity index (χ0v) is 12.8. The fourth-order valence-corrected chi connectivity index (χ4v) is 1.92. The van der Waals surface area contributed by atoms with Crippen LogP contribution in [0.2, 0.25) is 0 Å². The van der Waals surface area contributed by atoms with E-state index in [1.807, 2.05) is 32.0 Å². The number of nitriles is 1. The van der Waals surface area contributed by atoms with Crippen LogP contribution in [-0.4, -0.2) is 25.9 Å². The van der Waals surface area contributed by atoms with Crippen molar-refractivity contribution in [3.8, 4) is 17.6 Å². The van der Waals surface area contributed by atoms with Gasteiger partial charge in [-0.25, -0.2) is 0 Å². The van der Waals surface area contributed by atoms with Crippen LogP contribution < -0.4 is 9.47 Å². The van der Waals surface area contributed by atoms with Crippen molar-refractivity contribution in [2.24, 2.45) is 0 Å². The molecule has 0 fully saturated rings. The van der Waals surface area contributed by atoms with Crippen LogP contribution in [0.15, 0.2) is 17.7 Å². The van der Waals surface area contributed by atoms with Gasteiger partial charge in [-0.3, -0.25) is 0 Å². The Balaban J connectivity index is 3.26. The molecule has 0 N–H and O–H groups in total. The summed E-state index contributed by atoms with van der Waals surface area (Å²) in [5.41, 5.74) is 1.97. The highest BCUT2D eigenvalue weighted by Gasteiger charge is 2.10. The van der Waals surface area contributed by atoms with E-state index in [1.165, 1.54) is 0 Å². The largest absolute Gasteiger partial charge is 0.496 e. The summed E-state index contributed by atoms with van der Waals surface area (Å²) in [5, 5.41) is 9.33. The first-order chi connectivity index (χ1) is 9.57. The van der Waals surface area contributed by atoms with Gasteiger partial charge in [-0.1, -0.05) is 0 Å². The molecule has 0 unspecified atom stereocenters. The van der Waals surface area contributed by atoms with E-state index >= 15 is 0 Å². The molecule has 0 aromatic heterocycles. The number of nitrogens with zero attached hydrogens (tertiary/aromatic N) is 1.